The summed E-state index contributed by atoms with van der Waals surface area (Å²) in [5.41, 5.74) is 18.5. The number of benzene rings is 8. The van der Waals surface area contributed by atoms with Gasteiger partial charge in [0, 0.05) is 33.2 Å². The van der Waals surface area contributed by atoms with Crippen LogP contribution in [0.1, 0.15) is 0 Å². The molecule has 11 aromatic rings. The molecule has 0 spiro atoms. The molecule has 61 heavy (non-hydrogen) atoms. The number of aromatic nitrogens is 3. The van der Waals surface area contributed by atoms with Gasteiger partial charge in [0.2, 0.25) is 0 Å². The van der Waals surface area contributed by atoms with Gasteiger partial charge < -0.3 is 0 Å². The van der Waals surface area contributed by atoms with E-state index in [0.29, 0.717) is 0 Å². The minimum Gasteiger partial charge on any atom is -0.248 e. The van der Waals surface area contributed by atoms with Crippen LogP contribution in [0.2, 0.25) is 0 Å². The standard InChI is InChI=1S/C58H39N3/c1-6-18-40(19-7-1)45-28-17-31-49(35-45)54-38-50(37-53(59-54)41-20-8-2-9-21-41)47-30-16-29-46(34-47)48-32-33-52-51(36-48)39-55(42-22-10-3-11-23-42)61-58(52)56(43-24-12-4-13-25-43)57(60-61)44-26-14-5-15-27-44/h1-39H. The first-order valence-corrected chi connectivity index (χ1v) is 20.7. The summed E-state index contributed by atoms with van der Waals surface area (Å²) >= 11 is 0. The third kappa shape index (κ3) is 6.88. The maximum atomic E-state index is 5.40. The van der Waals surface area contributed by atoms with E-state index in [2.05, 4.69) is 241 Å². The third-order valence-electron chi connectivity index (χ3n) is 11.6. The van der Waals surface area contributed by atoms with Gasteiger partial charge in [-0.1, -0.05) is 200 Å². The van der Waals surface area contributed by atoms with Gasteiger partial charge in [-0.15, -0.1) is 0 Å². The van der Waals surface area contributed by atoms with Crippen LogP contribution in [0.4, 0.5) is 0 Å². The van der Waals surface area contributed by atoms with E-state index in [0.717, 1.165) is 94.7 Å². The predicted octanol–water partition coefficient (Wildman–Crippen LogP) is 15.2. The van der Waals surface area contributed by atoms with E-state index in [1.807, 2.05) is 0 Å². The summed E-state index contributed by atoms with van der Waals surface area (Å²) in [5.74, 6) is 0. The number of fused-ring (bicyclic) bond motifs is 3. The topological polar surface area (TPSA) is 30.2 Å². The van der Waals surface area contributed by atoms with Crippen LogP contribution >= 0.6 is 0 Å². The molecule has 3 aromatic heterocycles. The van der Waals surface area contributed by atoms with Crippen LogP contribution in [-0.4, -0.2) is 14.6 Å². The zero-order valence-corrected chi connectivity index (χ0v) is 33.4. The minimum absolute atomic E-state index is 0.938. The highest BCUT2D eigenvalue weighted by atomic mass is 15.2. The average molecular weight is 778 g/mol. The number of nitrogens with zero attached hydrogens (tertiary/aromatic N) is 3. The van der Waals surface area contributed by atoms with Gasteiger partial charge in [-0.25, -0.2) is 9.50 Å². The van der Waals surface area contributed by atoms with Crippen LogP contribution in [0, 0.1) is 0 Å². The molecule has 0 bridgehead atoms. The fourth-order valence-electron chi connectivity index (χ4n) is 8.59. The second-order valence-electron chi connectivity index (χ2n) is 15.4. The lowest BCUT2D eigenvalue weighted by Gasteiger charge is -2.14. The molecule has 286 valence electrons. The lowest BCUT2D eigenvalue weighted by Crippen LogP contribution is -1.96. The molecule has 3 heteroatoms. The second-order valence-corrected chi connectivity index (χ2v) is 15.4. The van der Waals surface area contributed by atoms with E-state index in [9.17, 15) is 0 Å². The van der Waals surface area contributed by atoms with Crippen molar-refractivity contribution < 1.29 is 0 Å². The molecule has 0 unspecified atom stereocenters. The summed E-state index contributed by atoms with van der Waals surface area (Å²) in [7, 11) is 0. The molecular weight excluding hydrogens is 739 g/mol. The lowest BCUT2D eigenvalue weighted by molar-refractivity contribution is 0.979. The fourth-order valence-corrected chi connectivity index (χ4v) is 8.59. The minimum atomic E-state index is 0.938. The SMILES string of the molecule is c1ccc(-c2cccc(-c3cc(-c4cccc(-c5ccc6c(c5)cc(-c5ccccc5)n5nc(-c7ccccc7)c(-c7ccccc7)c65)c4)cc(-c4ccccc4)n3)c2)cc1. The fraction of sp³-hybridized carbons (Fsp3) is 0. The molecule has 0 aliphatic rings. The van der Waals surface area contributed by atoms with Gasteiger partial charge in [-0.2, -0.15) is 5.10 Å². The predicted molar refractivity (Wildman–Crippen MR) is 254 cm³/mol. The van der Waals surface area contributed by atoms with E-state index < -0.39 is 0 Å². The Balaban J connectivity index is 1.07. The van der Waals surface area contributed by atoms with Gasteiger partial charge in [0.1, 0.15) is 5.69 Å². The van der Waals surface area contributed by atoms with Crippen molar-refractivity contribution in [1.29, 1.82) is 0 Å². The van der Waals surface area contributed by atoms with Crippen LogP contribution in [0.3, 0.4) is 0 Å². The molecule has 0 fully saturated rings. The Morgan fingerprint density at radius 1 is 0.295 bits per heavy atom. The summed E-state index contributed by atoms with van der Waals surface area (Å²) in [6.07, 6.45) is 0. The highest BCUT2D eigenvalue weighted by Crippen LogP contribution is 2.42. The van der Waals surface area contributed by atoms with Crippen molar-refractivity contribution in [3.63, 3.8) is 0 Å². The lowest BCUT2D eigenvalue weighted by atomic mass is 9.93. The van der Waals surface area contributed by atoms with Crippen molar-refractivity contribution in [2.24, 2.45) is 0 Å². The van der Waals surface area contributed by atoms with Crippen molar-refractivity contribution in [1.82, 2.24) is 14.6 Å². The third-order valence-corrected chi connectivity index (χ3v) is 11.6. The molecular formula is C58H39N3. The quantitative estimate of drug-likeness (QED) is 0.154. The van der Waals surface area contributed by atoms with Gasteiger partial charge in [0.15, 0.2) is 0 Å². The smallest absolute Gasteiger partial charge is 0.101 e. The molecule has 0 aliphatic carbocycles. The van der Waals surface area contributed by atoms with Crippen molar-refractivity contribution in [2.75, 3.05) is 0 Å². The van der Waals surface area contributed by atoms with Gasteiger partial charge >= 0.3 is 0 Å². The monoisotopic (exact) mass is 777 g/mol. The molecule has 3 nitrogen and oxygen atoms in total. The molecule has 0 saturated heterocycles. The molecule has 3 heterocycles. The van der Waals surface area contributed by atoms with E-state index >= 15 is 0 Å². The summed E-state index contributed by atoms with van der Waals surface area (Å²) in [6.45, 7) is 0. The van der Waals surface area contributed by atoms with Gasteiger partial charge in [-0.3, -0.25) is 0 Å². The van der Waals surface area contributed by atoms with E-state index in [1.165, 1.54) is 11.1 Å². The number of rotatable bonds is 8. The summed E-state index contributed by atoms with van der Waals surface area (Å²) in [4.78, 5) is 5.25. The number of pyridine rings is 2. The first kappa shape index (κ1) is 36.0. The summed E-state index contributed by atoms with van der Waals surface area (Å²) in [6, 6.07) is 84.1. The highest BCUT2D eigenvalue weighted by Gasteiger charge is 2.22. The Bertz CT molecular complexity index is 3320. The van der Waals surface area contributed by atoms with Crippen molar-refractivity contribution in [2.45, 2.75) is 0 Å². The zero-order valence-electron chi connectivity index (χ0n) is 33.4. The molecule has 8 aromatic carbocycles. The molecule has 0 atom stereocenters. The van der Waals surface area contributed by atoms with Crippen LogP contribution in [-0.2, 0) is 0 Å². The highest BCUT2D eigenvalue weighted by molar-refractivity contribution is 6.09. The van der Waals surface area contributed by atoms with Gasteiger partial charge in [0.05, 0.1) is 22.6 Å². The number of hydrogen-bond donors (Lipinski definition) is 0. The molecule has 0 N–H and O–H groups in total. The van der Waals surface area contributed by atoms with Crippen LogP contribution in [0.15, 0.2) is 237 Å². The molecule has 0 aliphatic heterocycles. The maximum absolute atomic E-state index is 5.40. The Morgan fingerprint density at radius 2 is 0.754 bits per heavy atom. The van der Waals surface area contributed by atoms with Gasteiger partial charge in [-0.05, 0) is 80.7 Å². The van der Waals surface area contributed by atoms with Crippen molar-refractivity contribution >= 4 is 16.3 Å². The van der Waals surface area contributed by atoms with Gasteiger partial charge in [0.25, 0.3) is 0 Å². The van der Waals surface area contributed by atoms with E-state index in [4.69, 9.17) is 10.1 Å². The Kier molecular flexibility index (Phi) is 9.18. The maximum Gasteiger partial charge on any atom is 0.101 e. The zero-order chi connectivity index (χ0) is 40.5. The van der Waals surface area contributed by atoms with E-state index in [1.54, 1.807) is 0 Å². The first-order chi connectivity index (χ1) is 30.2. The Hall–Kier alpha value is -8.14. The van der Waals surface area contributed by atoms with Crippen LogP contribution in [0.25, 0.3) is 106 Å². The first-order valence-electron chi connectivity index (χ1n) is 20.7. The molecule has 0 amide bonds. The normalized spacial score (nSPS) is 11.3. The largest absolute Gasteiger partial charge is 0.248 e. The van der Waals surface area contributed by atoms with Crippen LogP contribution in [0.5, 0.6) is 0 Å². The number of hydrogen-bond acceptors (Lipinski definition) is 2. The second kappa shape index (κ2) is 15.6. The Labute approximate surface area is 355 Å². The van der Waals surface area contributed by atoms with E-state index in [-0.39, 0.29) is 0 Å². The van der Waals surface area contributed by atoms with Crippen molar-refractivity contribution in [3.8, 4) is 89.5 Å². The molecule has 0 saturated carbocycles. The Morgan fingerprint density at radius 3 is 1.39 bits per heavy atom. The molecule has 0 radical (unpaired) electrons. The molecule has 11 rings (SSSR count). The average Bonchev–Trinajstić information content (AvgIpc) is 3.76. The van der Waals surface area contributed by atoms with Crippen molar-refractivity contribution in [3.05, 3.63) is 237 Å². The summed E-state index contributed by atoms with van der Waals surface area (Å²) in [5, 5.41) is 7.71. The van der Waals surface area contributed by atoms with Crippen LogP contribution < -0.4 is 0 Å². The summed E-state index contributed by atoms with van der Waals surface area (Å²) < 4.78 is 2.16.